The molecule has 1 heterocycles. The summed E-state index contributed by atoms with van der Waals surface area (Å²) in [5.41, 5.74) is 2.09. The van der Waals surface area contributed by atoms with Crippen molar-refractivity contribution in [2.75, 3.05) is 39.8 Å². The van der Waals surface area contributed by atoms with Gasteiger partial charge in [-0.1, -0.05) is 6.07 Å². The van der Waals surface area contributed by atoms with Crippen LogP contribution in [0.5, 0.6) is 23.1 Å². The van der Waals surface area contributed by atoms with E-state index in [0.29, 0.717) is 23.1 Å². The molecule has 9 nitrogen and oxygen atoms in total. The standard InChI is InChI=1S/C22H24N4O5/c1-28-16-9-7-15(8-10-16)17-11-12-20(26-25-17)31-14-13-23-22(27)24-21-18(29-2)5-4-6-19(21)30-3/h4-12H,13-14H2,1-3H3,(H2,23,24,27). The van der Waals surface area contributed by atoms with Gasteiger partial charge < -0.3 is 29.6 Å². The van der Waals surface area contributed by atoms with Crippen molar-refractivity contribution in [1.29, 1.82) is 0 Å². The zero-order valence-electron chi connectivity index (χ0n) is 17.5. The summed E-state index contributed by atoms with van der Waals surface area (Å²) < 4.78 is 21.2. The third-order valence-corrected chi connectivity index (χ3v) is 4.33. The van der Waals surface area contributed by atoms with Crippen LogP contribution in [-0.4, -0.2) is 50.7 Å². The lowest BCUT2D eigenvalue weighted by atomic mass is 10.1. The summed E-state index contributed by atoms with van der Waals surface area (Å²) in [6.07, 6.45) is 0. The molecule has 0 spiro atoms. The number of carbonyl (C=O) groups is 1. The van der Waals surface area contributed by atoms with E-state index in [1.54, 1.807) is 31.4 Å². The van der Waals surface area contributed by atoms with Crippen molar-refractivity contribution in [3.8, 4) is 34.4 Å². The first kappa shape index (κ1) is 21.7. The highest BCUT2D eigenvalue weighted by molar-refractivity contribution is 5.92. The average Bonchev–Trinajstić information content (AvgIpc) is 2.82. The van der Waals surface area contributed by atoms with E-state index in [-0.39, 0.29) is 13.2 Å². The molecular weight excluding hydrogens is 400 g/mol. The van der Waals surface area contributed by atoms with Gasteiger partial charge in [0.25, 0.3) is 0 Å². The summed E-state index contributed by atoms with van der Waals surface area (Å²) in [7, 11) is 4.66. The van der Waals surface area contributed by atoms with Gasteiger partial charge in [-0.25, -0.2) is 4.79 Å². The summed E-state index contributed by atoms with van der Waals surface area (Å²) >= 11 is 0. The third-order valence-electron chi connectivity index (χ3n) is 4.33. The van der Waals surface area contributed by atoms with Crippen molar-refractivity contribution >= 4 is 11.7 Å². The molecule has 0 aliphatic heterocycles. The summed E-state index contributed by atoms with van der Waals surface area (Å²) in [4.78, 5) is 12.2. The Morgan fingerprint density at radius 3 is 2.16 bits per heavy atom. The second kappa shape index (κ2) is 10.7. The van der Waals surface area contributed by atoms with Crippen LogP contribution in [0.3, 0.4) is 0 Å². The highest BCUT2D eigenvalue weighted by atomic mass is 16.5. The van der Waals surface area contributed by atoms with Gasteiger partial charge in [0.15, 0.2) is 0 Å². The number of carbonyl (C=O) groups excluding carboxylic acids is 1. The fourth-order valence-electron chi connectivity index (χ4n) is 2.77. The number of nitrogens with zero attached hydrogens (tertiary/aromatic N) is 2. The van der Waals surface area contributed by atoms with Crippen LogP contribution in [0, 0.1) is 0 Å². The smallest absolute Gasteiger partial charge is 0.319 e. The molecule has 9 heteroatoms. The Kier molecular flexibility index (Phi) is 7.47. The predicted octanol–water partition coefficient (Wildman–Crippen LogP) is 3.37. The Hall–Kier alpha value is -4.01. The van der Waals surface area contributed by atoms with Crippen LogP contribution in [0.4, 0.5) is 10.5 Å². The maximum absolute atomic E-state index is 12.2. The number of ether oxygens (including phenoxy) is 4. The van der Waals surface area contributed by atoms with Crippen molar-refractivity contribution in [3.63, 3.8) is 0 Å². The zero-order chi connectivity index (χ0) is 22.1. The number of rotatable bonds is 9. The Morgan fingerprint density at radius 2 is 1.58 bits per heavy atom. The van der Waals surface area contributed by atoms with Crippen LogP contribution in [0.2, 0.25) is 0 Å². The highest BCUT2D eigenvalue weighted by Gasteiger charge is 2.12. The molecule has 3 aromatic rings. The minimum absolute atomic E-state index is 0.229. The fourth-order valence-corrected chi connectivity index (χ4v) is 2.77. The molecule has 0 saturated heterocycles. The van der Waals surface area contributed by atoms with E-state index in [9.17, 15) is 4.79 Å². The van der Waals surface area contributed by atoms with Crippen molar-refractivity contribution in [1.82, 2.24) is 15.5 Å². The number of nitrogens with one attached hydrogen (secondary N) is 2. The van der Waals surface area contributed by atoms with Gasteiger partial charge in [0.2, 0.25) is 5.88 Å². The number of anilines is 1. The summed E-state index contributed by atoms with van der Waals surface area (Å²) in [5.74, 6) is 2.14. The molecule has 162 valence electrons. The first-order chi connectivity index (χ1) is 15.1. The lowest BCUT2D eigenvalue weighted by Crippen LogP contribution is -2.32. The molecule has 2 aromatic carbocycles. The van der Waals surface area contributed by atoms with Gasteiger partial charge in [0.1, 0.15) is 29.5 Å². The minimum Gasteiger partial charge on any atom is -0.497 e. The largest absolute Gasteiger partial charge is 0.497 e. The first-order valence-electron chi connectivity index (χ1n) is 9.51. The quantitative estimate of drug-likeness (QED) is 0.508. The van der Waals surface area contributed by atoms with Crippen LogP contribution in [0.15, 0.2) is 54.6 Å². The second-order valence-corrected chi connectivity index (χ2v) is 6.25. The van der Waals surface area contributed by atoms with Crippen molar-refractivity contribution in [2.24, 2.45) is 0 Å². The van der Waals surface area contributed by atoms with Gasteiger partial charge in [0.05, 0.1) is 33.6 Å². The van der Waals surface area contributed by atoms with Gasteiger partial charge in [-0.3, -0.25) is 0 Å². The van der Waals surface area contributed by atoms with Gasteiger partial charge in [-0.2, -0.15) is 0 Å². The number of aromatic nitrogens is 2. The van der Waals surface area contributed by atoms with E-state index in [4.69, 9.17) is 18.9 Å². The summed E-state index contributed by atoms with van der Waals surface area (Å²) in [5, 5.41) is 13.7. The van der Waals surface area contributed by atoms with Crippen LogP contribution in [0.25, 0.3) is 11.3 Å². The van der Waals surface area contributed by atoms with Crippen molar-refractivity contribution in [2.45, 2.75) is 0 Å². The van der Waals surface area contributed by atoms with E-state index in [2.05, 4.69) is 20.8 Å². The second-order valence-electron chi connectivity index (χ2n) is 6.25. The monoisotopic (exact) mass is 424 g/mol. The van der Waals surface area contributed by atoms with Gasteiger partial charge in [-0.05, 0) is 42.5 Å². The predicted molar refractivity (Wildman–Crippen MR) is 116 cm³/mol. The van der Waals surface area contributed by atoms with Gasteiger partial charge in [0, 0.05) is 11.6 Å². The molecule has 0 bridgehead atoms. The van der Waals surface area contributed by atoms with E-state index in [1.807, 2.05) is 30.3 Å². The topological polar surface area (TPSA) is 104 Å². The minimum atomic E-state index is -0.410. The molecule has 0 unspecified atom stereocenters. The molecule has 0 radical (unpaired) electrons. The number of para-hydroxylation sites is 1. The van der Waals surface area contributed by atoms with E-state index in [1.165, 1.54) is 14.2 Å². The Balaban J connectivity index is 1.47. The summed E-state index contributed by atoms with van der Waals surface area (Å²) in [6, 6.07) is 15.9. The number of methoxy groups -OCH3 is 3. The van der Waals surface area contributed by atoms with E-state index < -0.39 is 6.03 Å². The van der Waals surface area contributed by atoms with E-state index in [0.717, 1.165) is 17.0 Å². The van der Waals surface area contributed by atoms with Crippen LogP contribution in [0.1, 0.15) is 0 Å². The molecule has 1 aromatic heterocycles. The number of hydrogen-bond donors (Lipinski definition) is 2. The van der Waals surface area contributed by atoms with Gasteiger partial charge in [-0.15, -0.1) is 10.2 Å². The summed E-state index contributed by atoms with van der Waals surface area (Å²) in [6.45, 7) is 0.498. The van der Waals surface area contributed by atoms with Crippen molar-refractivity contribution < 1.29 is 23.7 Å². The molecule has 2 N–H and O–H groups in total. The molecule has 0 atom stereocenters. The molecule has 0 fully saturated rings. The normalized spacial score (nSPS) is 10.2. The molecule has 2 amide bonds. The zero-order valence-corrected chi connectivity index (χ0v) is 17.5. The van der Waals surface area contributed by atoms with Gasteiger partial charge >= 0.3 is 6.03 Å². The van der Waals surface area contributed by atoms with Crippen LogP contribution in [-0.2, 0) is 0 Å². The average molecular weight is 424 g/mol. The number of hydrogen-bond acceptors (Lipinski definition) is 7. The van der Waals surface area contributed by atoms with E-state index >= 15 is 0 Å². The van der Waals surface area contributed by atoms with Crippen LogP contribution < -0.4 is 29.6 Å². The SMILES string of the molecule is COc1ccc(-c2ccc(OCCNC(=O)Nc3c(OC)cccc3OC)nn2)cc1. The number of amides is 2. The van der Waals surface area contributed by atoms with Crippen LogP contribution >= 0.6 is 0 Å². The number of urea groups is 1. The first-order valence-corrected chi connectivity index (χ1v) is 9.51. The molecular formula is C22H24N4O5. The Labute approximate surface area is 180 Å². The maximum Gasteiger partial charge on any atom is 0.319 e. The van der Waals surface area contributed by atoms with Crippen molar-refractivity contribution in [3.05, 3.63) is 54.6 Å². The maximum atomic E-state index is 12.2. The molecule has 31 heavy (non-hydrogen) atoms. The molecule has 0 saturated carbocycles. The highest BCUT2D eigenvalue weighted by Crippen LogP contribution is 2.33. The Bertz CT molecular complexity index is 972. The molecule has 0 aliphatic carbocycles. The Morgan fingerprint density at radius 1 is 0.871 bits per heavy atom. The number of benzene rings is 2. The fraction of sp³-hybridized carbons (Fsp3) is 0.227. The molecule has 3 rings (SSSR count). The lowest BCUT2D eigenvalue weighted by molar-refractivity contribution is 0.246. The molecule has 0 aliphatic rings. The third kappa shape index (κ3) is 5.75. The lowest BCUT2D eigenvalue weighted by Gasteiger charge is -2.14.